The maximum absolute atomic E-state index is 13.3. The number of hydrogen-bond acceptors (Lipinski definition) is 4. The number of aromatic nitrogens is 2. The van der Waals surface area contributed by atoms with Crippen molar-refractivity contribution >= 4 is 33.5 Å². The van der Waals surface area contributed by atoms with E-state index in [0.29, 0.717) is 4.47 Å². The Morgan fingerprint density at radius 3 is 2.89 bits per heavy atom. The van der Waals surface area contributed by atoms with Gasteiger partial charge in [0.2, 0.25) is 0 Å². The molecule has 0 aliphatic carbocycles. The first-order chi connectivity index (χ1) is 8.99. The fraction of sp³-hybridized carbons (Fsp3) is 0. The molecule has 0 amide bonds. The third-order valence-corrected chi connectivity index (χ3v) is 3.01. The number of rotatable bonds is 3. The van der Waals surface area contributed by atoms with Gasteiger partial charge in [0.1, 0.15) is 17.1 Å². The van der Waals surface area contributed by atoms with Crippen molar-refractivity contribution in [3.8, 4) is 11.6 Å². The topological polar surface area (TPSA) is 72.3 Å². The summed E-state index contributed by atoms with van der Waals surface area (Å²) in [6.45, 7) is 0. The van der Waals surface area contributed by atoms with Crippen LogP contribution in [-0.4, -0.2) is 21.3 Å². The molecular weight excluding hydrogens is 342 g/mol. The van der Waals surface area contributed by atoms with Gasteiger partial charge in [0.15, 0.2) is 0 Å². The molecule has 1 aromatic carbocycles. The van der Waals surface area contributed by atoms with E-state index in [0.717, 1.165) is 6.07 Å². The van der Waals surface area contributed by atoms with E-state index in [1.807, 2.05) is 0 Å². The summed E-state index contributed by atoms with van der Waals surface area (Å²) < 4.78 is 18.9. The number of benzene rings is 1. The summed E-state index contributed by atoms with van der Waals surface area (Å²) in [4.78, 5) is 11.0. The van der Waals surface area contributed by atoms with E-state index < -0.39 is 11.8 Å². The van der Waals surface area contributed by atoms with E-state index in [2.05, 4.69) is 26.1 Å². The molecule has 2 aromatic rings. The number of carbonyl (C=O) groups is 1. The predicted octanol–water partition coefficient (Wildman–Crippen LogP) is 3.52. The fourth-order valence-electron chi connectivity index (χ4n) is 1.24. The number of ether oxygens (including phenoxy) is 1. The van der Waals surface area contributed by atoms with Gasteiger partial charge in [0.05, 0.1) is 15.7 Å². The minimum atomic E-state index is -1.23. The number of carboxylic acids is 1. The molecule has 0 bridgehead atoms. The van der Waals surface area contributed by atoms with Gasteiger partial charge in [-0.2, -0.15) is 5.10 Å². The maximum Gasteiger partial charge on any atom is 0.341 e. The van der Waals surface area contributed by atoms with E-state index in [4.69, 9.17) is 21.4 Å². The Hall–Kier alpha value is -1.73. The Bertz CT molecular complexity index is 654. The molecule has 0 radical (unpaired) electrons. The smallest absolute Gasteiger partial charge is 0.341 e. The van der Waals surface area contributed by atoms with Gasteiger partial charge in [-0.1, -0.05) is 11.6 Å². The zero-order valence-electron chi connectivity index (χ0n) is 9.10. The predicted molar refractivity (Wildman–Crippen MR) is 68.2 cm³/mol. The molecule has 0 unspecified atom stereocenters. The van der Waals surface area contributed by atoms with E-state index in [-0.39, 0.29) is 22.2 Å². The quantitative estimate of drug-likeness (QED) is 0.860. The highest BCUT2D eigenvalue weighted by atomic mass is 79.9. The van der Waals surface area contributed by atoms with Crippen molar-refractivity contribution in [3.05, 3.63) is 45.3 Å². The summed E-state index contributed by atoms with van der Waals surface area (Å²) in [5.74, 6) is -2.11. The van der Waals surface area contributed by atoms with E-state index in [1.54, 1.807) is 0 Å². The largest absolute Gasteiger partial charge is 0.477 e. The third-order valence-electron chi connectivity index (χ3n) is 2.10. The number of hydrogen-bond donors (Lipinski definition) is 1. The molecule has 5 nitrogen and oxygen atoms in total. The minimum absolute atomic E-state index is 0.0462. The van der Waals surface area contributed by atoms with Gasteiger partial charge in [-0.3, -0.25) is 0 Å². The third kappa shape index (κ3) is 2.99. The summed E-state index contributed by atoms with van der Waals surface area (Å²) in [6, 6.07) is 3.54. The zero-order valence-corrected chi connectivity index (χ0v) is 11.4. The van der Waals surface area contributed by atoms with Crippen molar-refractivity contribution in [2.45, 2.75) is 0 Å². The first-order valence-corrected chi connectivity index (χ1v) is 6.03. The molecule has 0 spiro atoms. The van der Waals surface area contributed by atoms with Gasteiger partial charge >= 0.3 is 5.97 Å². The van der Waals surface area contributed by atoms with Gasteiger partial charge in [0.25, 0.3) is 5.88 Å². The van der Waals surface area contributed by atoms with Gasteiger partial charge in [0, 0.05) is 6.07 Å². The van der Waals surface area contributed by atoms with Crippen molar-refractivity contribution in [1.29, 1.82) is 0 Å². The van der Waals surface area contributed by atoms with E-state index in [9.17, 15) is 9.18 Å². The maximum atomic E-state index is 13.3. The number of aromatic carboxylic acids is 1. The highest BCUT2D eigenvalue weighted by molar-refractivity contribution is 9.10. The van der Waals surface area contributed by atoms with Crippen molar-refractivity contribution in [2.24, 2.45) is 0 Å². The van der Waals surface area contributed by atoms with Crippen LogP contribution in [0.5, 0.6) is 11.6 Å². The molecule has 1 heterocycles. The van der Waals surface area contributed by atoms with Gasteiger partial charge in [-0.25, -0.2) is 9.18 Å². The first kappa shape index (κ1) is 13.7. The summed E-state index contributed by atoms with van der Waals surface area (Å²) in [6.07, 6.45) is 1.22. The lowest BCUT2D eigenvalue weighted by Gasteiger charge is -2.08. The molecule has 0 saturated heterocycles. The van der Waals surface area contributed by atoms with Crippen LogP contribution >= 0.6 is 27.5 Å². The van der Waals surface area contributed by atoms with Crippen LogP contribution in [0.2, 0.25) is 5.02 Å². The van der Waals surface area contributed by atoms with Crippen LogP contribution in [0.4, 0.5) is 4.39 Å². The standard InChI is InChI=1S/C11H5BrClFN2O3/c12-6-3-7(13)8(14)4-9(6)19-10-5(11(17)18)1-2-15-16-10/h1-4H,(H,17,18). The van der Waals surface area contributed by atoms with Crippen LogP contribution in [0.1, 0.15) is 10.4 Å². The lowest BCUT2D eigenvalue weighted by atomic mass is 10.3. The van der Waals surface area contributed by atoms with Crippen molar-refractivity contribution in [1.82, 2.24) is 10.2 Å². The minimum Gasteiger partial charge on any atom is -0.477 e. The van der Waals surface area contributed by atoms with Crippen LogP contribution in [0, 0.1) is 5.82 Å². The molecule has 0 aliphatic heterocycles. The summed E-state index contributed by atoms with van der Waals surface area (Å²) >= 11 is 8.72. The van der Waals surface area contributed by atoms with Gasteiger partial charge in [-0.15, -0.1) is 5.10 Å². The zero-order chi connectivity index (χ0) is 14.0. The Morgan fingerprint density at radius 1 is 1.47 bits per heavy atom. The summed E-state index contributed by atoms with van der Waals surface area (Å²) in [7, 11) is 0. The molecule has 0 atom stereocenters. The Kier molecular flexibility index (Phi) is 3.96. The van der Waals surface area contributed by atoms with Crippen LogP contribution in [0.25, 0.3) is 0 Å². The van der Waals surface area contributed by atoms with Crippen LogP contribution in [-0.2, 0) is 0 Å². The Labute approximate surface area is 120 Å². The SMILES string of the molecule is O=C(O)c1ccnnc1Oc1cc(F)c(Cl)cc1Br. The van der Waals surface area contributed by atoms with Crippen molar-refractivity contribution < 1.29 is 19.0 Å². The van der Waals surface area contributed by atoms with Crippen LogP contribution in [0.15, 0.2) is 28.9 Å². The number of nitrogens with zero attached hydrogens (tertiary/aromatic N) is 2. The molecule has 0 saturated carbocycles. The summed E-state index contributed by atoms with van der Waals surface area (Å²) in [5, 5.41) is 15.9. The monoisotopic (exact) mass is 346 g/mol. The van der Waals surface area contributed by atoms with Gasteiger partial charge < -0.3 is 9.84 Å². The second-order valence-electron chi connectivity index (χ2n) is 3.35. The summed E-state index contributed by atoms with van der Waals surface area (Å²) in [5.41, 5.74) is -0.183. The highest BCUT2D eigenvalue weighted by Crippen LogP contribution is 2.33. The number of carboxylic acid groups (broad SMARTS) is 1. The van der Waals surface area contributed by atoms with E-state index >= 15 is 0 Å². The molecule has 19 heavy (non-hydrogen) atoms. The number of halogens is 3. The van der Waals surface area contributed by atoms with Crippen molar-refractivity contribution in [3.63, 3.8) is 0 Å². The van der Waals surface area contributed by atoms with Gasteiger partial charge in [-0.05, 0) is 28.1 Å². The fourth-order valence-corrected chi connectivity index (χ4v) is 1.96. The second kappa shape index (κ2) is 5.50. The Balaban J connectivity index is 2.42. The van der Waals surface area contributed by atoms with Crippen molar-refractivity contribution in [2.75, 3.05) is 0 Å². The lowest BCUT2D eigenvalue weighted by Crippen LogP contribution is -2.03. The second-order valence-corrected chi connectivity index (χ2v) is 4.62. The average molecular weight is 348 g/mol. The molecule has 8 heteroatoms. The molecule has 1 N–H and O–H groups in total. The first-order valence-electron chi connectivity index (χ1n) is 4.86. The normalized spacial score (nSPS) is 10.3. The molecule has 1 aromatic heterocycles. The molecule has 98 valence electrons. The van der Waals surface area contributed by atoms with Crippen LogP contribution in [0.3, 0.4) is 0 Å². The lowest BCUT2D eigenvalue weighted by molar-refractivity contribution is 0.0693. The molecule has 0 fully saturated rings. The molecule has 0 aliphatic rings. The Morgan fingerprint density at radius 2 is 2.21 bits per heavy atom. The highest BCUT2D eigenvalue weighted by Gasteiger charge is 2.16. The van der Waals surface area contributed by atoms with E-state index in [1.165, 1.54) is 18.3 Å². The molecular formula is C11H5BrClFN2O3. The van der Waals surface area contributed by atoms with Crippen LogP contribution < -0.4 is 4.74 Å². The average Bonchev–Trinajstić information content (AvgIpc) is 2.36. The molecule has 2 rings (SSSR count).